The molecule has 1 heterocycles. The second-order valence-electron chi connectivity index (χ2n) is 7.89. The third kappa shape index (κ3) is 7.31. The lowest BCUT2D eigenvalue weighted by Crippen LogP contribution is -2.56. The summed E-state index contributed by atoms with van der Waals surface area (Å²) in [5, 5.41) is 14.8. The first-order chi connectivity index (χ1) is 15.4. The molecule has 1 aliphatic rings. The van der Waals surface area contributed by atoms with Gasteiger partial charge in [-0.15, -0.1) is 0 Å². The number of unbranched alkanes of at least 4 members (excludes halogenated alkanes) is 1. The zero-order valence-electron chi connectivity index (χ0n) is 18.2. The van der Waals surface area contributed by atoms with Crippen LogP contribution in [0.3, 0.4) is 0 Å². The molecule has 32 heavy (non-hydrogen) atoms. The molecule has 176 valence electrons. The number of nitrogens with two attached hydrogens (primary N) is 2. The van der Waals surface area contributed by atoms with E-state index in [0.717, 1.165) is 5.56 Å². The molecular formula is C22H33N5O5. The Morgan fingerprint density at radius 1 is 1.06 bits per heavy atom. The second-order valence-corrected chi connectivity index (χ2v) is 7.89. The zero-order chi connectivity index (χ0) is 23.5. The average molecular weight is 448 g/mol. The monoisotopic (exact) mass is 447 g/mol. The molecule has 1 aromatic carbocycles. The van der Waals surface area contributed by atoms with Gasteiger partial charge in [0.25, 0.3) is 0 Å². The van der Waals surface area contributed by atoms with Crippen LogP contribution in [0.25, 0.3) is 0 Å². The van der Waals surface area contributed by atoms with E-state index >= 15 is 0 Å². The number of hydrogen-bond acceptors (Lipinski definition) is 6. The Morgan fingerprint density at radius 2 is 1.78 bits per heavy atom. The predicted octanol–water partition coefficient (Wildman–Crippen LogP) is -0.638. The minimum absolute atomic E-state index is 0.136. The molecule has 0 saturated carbocycles. The maximum absolute atomic E-state index is 13.2. The van der Waals surface area contributed by atoms with Crippen molar-refractivity contribution in [3.8, 4) is 0 Å². The quantitative estimate of drug-likeness (QED) is 0.266. The van der Waals surface area contributed by atoms with Gasteiger partial charge >= 0.3 is 5.97 Å². The van der Waals surface area contributed by atoms with E-state index in [0.29, 0.717) is 45.2 Å². The number of nitrogens with one attached hydrogen (secondary N) is 2. The molecule has 1 aliphatic heterocycles. The summed E-state index contributed by atoms with van der Waals surface area (Å²) < 4.78 is 0. The zero-order valence-corrected chi connectivity index (χ0v) is 18.2. The van der Waals surface area contributed by atoms with E-state index in [-0.39, 0.29) is 18.9 Å². The van der Waals surface area contributed by atoms with Crippen molar-refractivity contribution >= 4 is 23.7 Å². The van der Waals surface area contributed by atoms with Gasteiger partial charge in [-0.3, -0.25) is 14.4 Å². The molecule has 0 aliphatic carbocycles. The van der Waals surface area contributed by atoms with Crippen LogP contribution < -0.4 is 22.1 Å². The van der Waals surface area contributed by atoms with Crippen LogP contribution in [0.4, 0.5) is 0 Å². The summed E-state index contributed by atoms with van der Waals surface area (Å²) in [6, 6.07) is 6.31. The van der Waals surface area contributed by atoms with Crippen molar-refractivity contribution in [2.45, 2.75) is 56.7 Å². The predicted molar refractivity (Wildman–Crippen MR) is 118 cm³/mol. The molecule has 10 nitrogen and oxygen atoms in total. The van der Waals surface area contributed by atoms with E-state index in [1.807, 2.05) is 6.07 Å². The lowest BCUT2D eigenvalue weighted by molar-refractivity contribution is -0.144. The van der Waals surface area contributed by atoms with Crippen LogP contribution in [0.15, 0.2) is 30.3 Å². The van der Waals surface area contributed by atoms with Gasteiger partial charge in [0.05, 0.1) is 6.54 Å². The summed E-state index contributed by atoms with van der Waals surface area (Å²) in [5.74, 6) is -2.47. The largest absolute Gasteiger partial charge is 0.480 e. The van der Waals surface area contributed by atoms with Crippen LogP contribution in [0.5, 0.6) is 0 Å². The highest BCUT2D eigenvalue weighted by atomic mass is 16.4. The fourth-order valence-corrected chi connectivity index (χ4v) is 3.82. The number of aliphatic carboxylic acids is 1. The molecule has 0 bridgehead atoms. The lowest BCUT2D eigenvalue weighted by atomic mass is 10.0. The Labute approximate surface area is 187 Å². The van der Waals surface area contributed by atoms with E-state index in [4.69, 9.17) is 11.5 Å². The Hall–Kier alpha value is -2.98. The van der Waals surface area contributed by atoms with E-state index in [2.05, 4.69) is 10.6 Å². The Bertz CT molecular complexity index is 788. The minimum Gasteiger partial charge on any atom is -0.480 e. The number of rotatable bonds is 12. The van der Waals surface area contributed by atoms with Gasteiger partial charge in [0.1, 0.15) is 18.1 Å². The summed E-state index contributed by atoms with van der Waals surface area (Å²) in [7, 11) is 0. The fraction of sp³-hybridized carbons (Fsp3) is 0.545. The number of carboxylic acid groups (broad SMARTS) is 1. The first-order valence-electron chi connectivity index (χ1n) is 10.9. The molecule has 1 aromatic rings. The molecule has 2 rings (SSSR count). The molecule has 7 N–H and O–H groups in total. The molecule has 10 heteroatoms. The highest BCUT2D eigenvalue weighted by molar-refractivity contribution is 5.94. The van der Waals surface area contributed by atoms with Crippen LogP contribution in [0.2, 0.25) is 0 Å². The molecule has 3 amide bonds. The van der Waals surface area contributed by atoms with Gasteiger partial charge in [-0.25, -0.2) is 4.79 Å². The van der Waals surface area contributed by atoms with Crippen molar-refractivity contribution in [2.24, 2.45) is 11.5 Å². The Morgan fingerprint density at radius 3 is 2.41 bits per heavy atom. The number of likely N-dealkylation sites (tertiary alicyclic amines) is 1. The topological polar surface area (TPSA) is 168 Å². The summed E-state index contributed by atoms with van der Waals surface area (Å²) in [6.07, 6.45) is 2.90. The standard InChI is InChI=1S/C22H33N5O5/c23-11-5-4-9-16(25-19(28)14-24)21(30)27-12-6-10-18(27)20(29)26-17(22(31)32)13-15-7-2-1-3-8-15/h1-3,7-8,16-18H,4-6,9-14,23-24H2,(H,25,28)(H,26,29)(H,31,32). The van der Waals surface area contributed by atoms with Gasteiger partial charge in [0, 0.05) is 13.0 Å². The number of hydrogen-bond donors (Lipinski definition) is 5. The Kier molecular flexibility index (Phi) is 10.1. The third-order valence-corrected chi connectivity index (χ3v) is 5.50. The number of carbonyl (C=O) groups excluding carboxylic acids is 3. The summed E-state index contributed by atoms with van der Waals surface area (Å²) >= 11 is 0. The van der Waals surface area contributed by atoms with E-state index in [1.54, 1.807) is 24.3 Å². The van der Waals surface area contributed by atoms with Crippen molar-refractivity contribution < 1.29 is 24.3 Å². The van der Waals surface area contributed by atoms with Crippen LogP contribution in [-0.4, -0.2) is 71.5 Å². The molecule has 0 aromatic heterocycles. The van der Waals surface area contributed by atoms with Crippen molar-refractivity contribution in [1.29, 1.82) is 0 Å². The van der Waals surface area contributed by atoms with Gasteiger partial charge in [-0.05, 0) is 44.2 Å². The van der Waals surface area contributed by atoms with E-state index in [9.17, 15) is 24.3 Å². The molecule has 0 spiro atoms. The van der Waals surface area contributed by atoms with Crippen LogP contribution in [0.1, 0.15) is 37.7 Å². The highest BCUT2D eigenvalue weighted by Crippen LogP contribution is 2.20. The number of carbonyl (C=O) groups is 4. The SMILES string of the molecule is NCCCCC(NC(=O)CN)C(=O)N1CCCC1C(=O)NC(Cc1ccccc1)C(=O)O. The first-order valence-corrected chi connectivity index (χ1v) is 10.9. The lowest BCUT2D eigenvalue weighted by Gasteiger charge is -2.29. The molecular weight excluding hydrogens is 414 g/mol. The normalized spacial score (nSPS) is 17.4. The van der Waals surface area contributed by atoms with Crippen molar-refractivity contribution in [3.63, 3.8) is 0 Å². The van der Waals surface area contributed by atoms with Crippen molar-refractivity contribution in [1.82, 2.24) is 15.5 Å². The minimum atomic E-state index is -1.15. The molecule has 1 fully saturated rings. The number of benzene rings is 1. The molecule has 3 unspecified atom stereocenters. The van der Waals surface area contributed by atoms with Crippen LogP contribution in [-0.2, 0) is 25.6 Å². The fourth-order valence-electron chi connectivity index (χ4n) is 3.82. The van der Waals surface area contributed by atoms with E-state index < -0.39 is 35.9 Å². The average Bonchev–Trinajstić information content (AvgIpc) is 3.28. The van der Waals surface area contributed by atoms with Gasteiger partial charge in [0.2, 0.25) is 17.7 Å². The van der Waals surface area contributed by atoms with Gasteiger partial charge in [0.15, 0.2) is 0 Å². The molecule has 0 radical (unpaired) electrons. The van der Waals surface area contributed by atoms with Crippen LogP contribution in [0, 0.1) is 0 Å². The van der Waals surface area contributed by atoms with Gasteiger partial charge < -0.3 is 32.1 Å². The Balaban J connectivity index is 2.08. The smallest absolute Gasteiger partial charge is 0.326 e. The first kappa shape index (κ1) is 25.3. The second kappa shape index (κ2) is 12.8. The summed E-state index contributed by atoms with van der Waals surface area (Å²) in [5.41, 5.74) is 11.7. The maximum Gasteiger partial charge on any atom is 0.326 e. The summed E-state index contributed by atoms with van der Waals surface area (Å²) in [6.45, 7) is 0.585. The number of nitrogens with zero attached hydrogens (tertiary/aromatic N) is 1. The van der Waals surface area contributed by atoms with Gasteiger partial charge in [-0.2, -0.15) is 0 Å². The summed E-state index contributed by atoms with van der Waals surface area (Å²) in [4.78, 5) is 51.0. The number of amides is 3. The van der Waals surface area contributed by atoms with Crippen molar-refractivity contribution in [3.05, 3.63) is 35.9 Å². The van der Waals surface area contributed by atoms with Gasteiger partial charge in [-0.1, -0.05) is 30.3 Å². The van der Waals surface area contributed by atoms with E-state index in [1.165, 1.54) is 4.90 Å². The highest BCUT2D eigenvalue weighted by Gasteiger charge is 2.38. The number of carboxylic acids is 1. The maximum atomic E-state index is 13.2. The van der Waals surface area contributed by atoms with Crippen molar-refractivity contribution in [2.75, 3.05) is 19.6 Å². The molecule has 3 atom stereocenters. The third-order valence-electron chi connectivity index (χ3n) is 5.50. The molecule has 1 saturated heterocycles. The van der Waals surface area contributed by atoms with Crippen LogP contribution >= 0.6 is 0 Å².